The lowest BCUT2D eigenvalue weighted by molar-refractivity contribution is 0.0947. The molecule has 0 fully saturated rings. The standard InChI is InChI=1S/C18H23N3O4S/c1-4-21(5-2)26(23,24)15-8-9-17(25-3)16(11-15)18(22)20-13-14-7-6-10-19-12-14/h6-12H,4-5,13H2,1-3H3,(H,20,22). The van der Waals surface area contributed by atoms with Crippen LogP contribution in [-0.2, 0) is 16.6 Å². The monoisotopic (exact) mass is 377 g/mol. The minimum atomic E-state index is -3.66. The Balaban J connectivity index is 2.30. The van der Waals surface area contributed by atoms with E-state index in [9.17, 15) is 13.2 Å². The second-order valence-electron chi connectivity index (χ2n) is 5.50. The SMILES string of the molecule is CCN(CC)S(=O)(=O)c1ccc(OC)c(C(=O)NCc2cccnc2)c1. The molecule has 0 saturated carbocycles. The number of pyridine rings is 1. The molecule has 0 atom stereocenters. The summed E-state index contributed by atoms with van der Waals surface area (Å²) in [6.07, 6.45) is 3.30. The Labute approximate surface area is 154 Å². The zero-order chi connectivity index (χ0) is 19.2. The summed E-state index contributed by atoms with van der Waals surface area (Å²) in [5.74, 6) is -0.102. The number of ether oxygens (including phenoxy) is 1. The van der Waals surface area contributed by atoms with Gasteiger partial charge < -0.3 is 10.1 Å². The number of hydrogen-bond acceptors (Lipinski definition) is 5. The van der Waals surface area contributed by atoms with Crippen molar-refractivity contribution in [3.63, 3.8) is 0 Å². The van der Waals surface area contributed by atoms with Crippen molar-refractivity contribution in [2.75, 3.05) is 20.2 Å². The zero-order valence-electron chi connectivity index (χ0n) is 15.1. The van der Waals surface area contributed by atoms with Crippen molar-refractivity contribution < 1.29 is 17.9 Å². The Morgan fingerprint density at radius 2 is 1.96 bits per heavy atom. The fraction of sp³-hybridized carbons (Fsp3) is 0.333. The maximum Gasteiger partial charge on any atom is 0.255 e. The van der Waals surface area contributed by atoms with Crippen molar-refractivity contribution in [2.24, 2.45) is 0 Å². The highest BCUT2D eigenvalue weighted by atomic mass is 32.2. The minimum Gasteiger partial charge on any atom is -0.496 e. The van der Waals surface area contributed by atoms with Crippen LogP contribution in [0.5, 0.6) is 5.75 Å². The largest absolute Gasteiger partial charge is 0.496 e. The quantitative estimate of drug-likeness (QED) is 0.761. The molecule has 1 heterocycles. The highest BCUT2D eigenvalue weighted by Gasteiger charge is 2.24. The number of hydrogen-bond donors (Lipinski definition) is 1. The molecule has 1 amide bonds. The van der Waals surface area contributed by atoms with Crippen molar-refractivity contribution in [1.29, 1.82) is 0 Å². The van der Waals surface area contributed by atoms with E-state index < -0.39 is 15.9 Å². The Morgan fingerprint density at radius 1 is 1.23 bits per heavy atom. The van der Waals surface area contributed by atoms with Crippen LogP contribution in [0.3, 0.4) is 0 Å². The predicted molar refractivity (Wildman–Crippen MR) is 98.5 cm³/mol. The van der Waals surface area contributed by atoms with Crippen LogP contribution in [-0.4, -0.2) is 43.8 Å². The molecule has 1 aromatic heterocycles. The molecule has 0 saturated heterocycles. The van der Waals surface area contributed by atoms with Crippen molar-refractivity contribution in [1.82, 2.24) is 14.6 Å². The second kappa shape index (κ2) is 8.77. The molecule has 1 N–H and O–H groups in total. The molecule has 8 heteroatoms. The third-order valence-electron chi connectivity index (χ3n) is 3.93. The van der Waals surface area contributed by atoms with Crippen LogP contribution in [0.4, 0.5) is 0 Å². The average Bonchev–Trinajstić information content (AvgIpc) is 2.67. The topological polar surface area (TPSA) is 88.6 Å². The van der Waals surface area contributed by atoms with Gasteiger partial charge in [-0.25, -0.2) is 8.42 Å². The van der Waals surface area contributed by atoms with E-state index in [1.165, 1.54) is 29.6 Å². The number of amides is 1. The van der Waals surface area contributed by atoms with E-state index in [4.69, 9.17) is 4.74 Å². The number of sulfonamides is 1. The molecule has 1 aromatic carbocycles. The van der Waals surface area contributed by atoms with E-state index in [0.717, 1.165) is 5.56 Å². The third kappa shape index (κ3) is 4.39. The lowest BCUT2D eigenvalue weighted by Gasteiger charge is -2.19. The normalized spacial score (nSPS) is 11.4. The summed E-state index contributed by atoms with van der Waals surface area (Å²) in [7, 11) is -2.23. The van der Waals surface area contributed by atoms with Gasteiger partial charge in [0, 0.05) is 32.0 Å². The summed E-state index contributed by atoms with van der Waals surface area (Å²) in [6, 6.07) is 7.91. The number of carbonyl (C=O) groups is 1. The predicted octanol–water partition coefficient (Wildman–Crippen LogP) is 2.05. The second-order valence-corrected chi connectivity index (χ2v) is 7.43. The minimum absolute atomic E-state index is 0.0635. The molecule has 7 nitrogen and oxygen atoms in total. The number of methoxy groups -OCH3 is 1. The summed E-state index contributed by atoms with van der Waals surface area (Å²) >= 11 is 0. The molecule has 2 aromatic rings. The van der Waals surface area contributed by atoms with Gasteiger partial charge in [0.05, 0.1) is 17.6 Å². The van der Waals surface area contributed by atoms with Crippen LogP contribution in [0.25, 0.3) is 0 Å². The number of benzene rings is 1. The number of aromatic nitrogens is 1. The first-order chi connectivity index (χ1) is 12.4. The van der Waals surface area contributed by atoms with Gasteiger partial charge in [-0.3, -0.25) is 9.78 Å². The van der Waals surface area contributed by atoms with E-state index in [2.05, 4.69) is 10.3 Å². The summed E-state index contributed by atoms with van der Waals surface area (Å²) in [6.45, 7) is 4.53. The first-order valence-electron chi connectivity index (χ1n) is 8.29. The van der Waals surface area contributed by atoms with Gasteiger partial charge in [0.2, 0.25) is 10.0 Å². The van der Waals surface area contributed by atoms with Crippen LogP contribution in [0.2, 0.25) is 0 Å². The van der Waals surface area contributed by atoms with Crippen LogP contribution in [0.1, 0.15) is 29.8 Å². The lowest BCUT2D eigenvalue weighted by Crippen LogP contribution is -2.31. The van der Waals surface area contributed by atoms with Crippen LogP contribution in [0, 0.1) is 0 Å². The van der Waals surface area contributed by atoms with E-state index in [1.807, 2.05) is 6.07 Å². The Kier molecular flexibility index (Phi) is 6.70. The fourth-order valence-corrected chi connectivity index (χ4v) is 4.00. The van der Waals surface area contributed by atoms with Crippen molar-refractivity contribution in [3.05, 3.63) is 53.9 Å². The van der Waals surface area contributed by atoms with Crippen LogP contribution in [0.15, 0.2) is 47.6 Å². The molecule has 0 spiro atoms. The summed E-state index contributed by atoms with van der Waals surface area (Å²) in [5.41, 5.74) is 1.01. The molecule has 0 unspecified atom stereocenters. The van der Waals surface area contributed by atoms with E-state index in [-0.39, 0.29) is 17.0 Å². The first-order valence-corrected chi connectivity index (χ1v) is 9.73. The third-order valence-corrected chi connectivity index (χ3v) is 5.98. The number of carbonyl (C=O) groups excluding carboxylic acids is 1. The Bertz CT molecular complexity index is 850. The molecule has 0 aliphatic rings. The van der Waals surface area contributed by atoms with Gasteiger partial charge in [-0.1, -0.05) is 19.9 Å². The van der Waals surface area contributed by atoms with Gasteiger partial charge in [0.15, 0.2) is 0 Å². The molecule has 2 rings (SSSR count). The van der Waals surface area contributed by atoms with E-state index >= 15 is 0 Å². The van der Waals surface area contributed by atoms with Gasteiger partial charge in [0.25, 0.3) is 5.91 Å². The Hall–Kier alpha value is -2.45. The van der Waals surface area contributed by atoms with E-state index in [1.54, 1.807) is 32.3 Å². The number of rotatable bonds is 8. The Morgan fingerprint density at radius 3 is 2.54 bits per heavy atom. The molecular weight excluding hydrogens is 354 g/mol. The van der Waals surface area contributed by atoms with E-state index in [0.29, 0.717) is 18.8 Å². The number of nitrogens with zero attached hydrogens (tertiary/aromatic N) is 2. The highest BCUT2D eigenvalue weighted by molar-refractivity contribution is 7.89. The van der Waals surface area contributed by atoms with Gasteiger partial charge in [-0.2, -0.15) is 4.31 Å². The summed E-state index contributed by atoms with van der Waals surface area (Å²) in [4.78, 5) is 16.6. The van der Waals surface area contributed by atoms with Gasteiger partial charge in [-0.15, -0.1) is 0 Å². The van der Waals surface area contributed by atoms with Crippen molar-refractivity contribution >= 4 is 15.9 Å². The summed E-state index contributed by atoms with van der Waals surface area (Å²) in [5, 5.41) is 2.76. The molecule has 0 aliphatic heterocycles. The summed E-state index contributed by atoms with van der Waals surface area (Å²) < 4.78 is 31.9. The number of nitrogens with one attached hydrogen (secondary N) is 1. The molecule has 0 aliphatic carbocycles. The first kappa shape index (κ1) is 19.9. The van der Waals surface area contributed by atoms with Gasteiger partial charge in [-0.05, 0) is 29.8 Å². The molecular formula is C18H23N3O4S. The van der Waals surface area contributed by atoms with Gasteiger partial charge >= 0.3 is 0 Å². The zero-order valence-corrected chi connectivity index (χ0v) is 15.9. The van der Waals surface area contributed by atoms with Crippen molar-refractivity contribution in [3.8, 4) is 5.75 Å². The lowest BCUT2D eigenvalue weighted by atomic mass is 10.2. The maximum absolute atomic E-state index is 12.7. The maximum atomic E-state index is 12.7. The smallest absolute Gasteiger partial charge is 0.255 e. The molecule has 140 valence electrons. The molecule has 26 heavy (non-hydrogen) atoms. The molecule has 0 bridgehead atoms. The van der Waals surface area contributed by atoms with Gasteiger partial charge in [0.1, 0.15) is 5.75 Å². The average molecular weight is 377 g/mol. The van der Waals surface area contributed by atoms with Crippen molar-refractivity contribution in [2.45, 2.75) is 25.3 Å². The van der Waals surface area contributed by atoms with Crippen LogP contribution < -0.4 is 10.1 Å². The van der Waals surface area contributed by atoms with Crippen LogP contribution >= 0.6 is 0 Å². The molecule has 0 radical (unpaired) electrons. The highest BCUT2D eigenvalue weighted by Crippen LogP contribution is 2.24. The fourth-order valence-electron chi connectivity index (χ4n) is 2.52.